The van der Waals surface area contributed by atoms with E-state index >= 15 is 0 Å². The van der Waals surface area contributed by atoms with Gasteiger partial charge in [-0.15, -0.1) is 0 Å². The average Bonchev–Trinajstić information content (AvgIpc) is 2.48. The topological polar surface area (TPSA) is 37.3 Å². The van der Waals surface area contributed by atoms with Crippen LogP contribution < -0.4 is 0 Å². The summed E-state index contributed by atoms with van der Waals surface area (Å²) in [6, 6.07) is 23.0. The summed E-state index contributed by atoms with van der Waals surface area (Å²) in [5.41, 5.74) is 1.68. The molecule has 0 aliphatic heterocycles. The van der Waals surface area contributed by atoms with Crippen LogP contribution in [-0.2, 0) is 26.2 Å². The second kappa shape index (κ2) is 8.54. The summed E-state index contributed by atoms with van der Waals surface area (Å²) >= 11 is 0. The first-order chi connectivity index (χ1) is 9.68. The Labute approximate surface area is 143 Å². The number of carbonyl (C=O) groups is 1. The molecule has 3 aromatic rings. The fourth-order valence-electron chi connectivity index (χ4n) is 1.95. The number of hydrogen-bond donors (Lipinski definition) is 1. The van der Waals surface area contributed by atoms with Crippen molar-refractivity contribution in [3.05, 3.63) is 83.9 Å². The number of fused-ring (bicyclic) bond motifs is 1. The second-order valence-electron chi connectivity index (χ2n) is 4.49. The van der Waals surface area contributed by atoms with Crippen LogP contribution in [0.15, 0.2) is 72.8 Å². The van der Waals surface area contributed by atoms with Crippen molar-refractivity contribution in [2.24, 2.45) is 0 Å². The van der Waals surface area contributed by atoms with Crippen LogP contribution in [0.5, 0.6) is 0 Å². The number of carboxylic acids is 1. The van der Waals surface area contributed by atoms with Crippen molar-refractivity contribution in [2.45, 2.75) is 6.92 Å². The summed E-state index contributed by atoms with van der Waals surface area (Å²) in [5.74, 6) is -0.878. The van der Waals surface area contributed by atoms with E-state index < -0.39 is 5.97 Å². The van der Waals surface area contributed by atoms with Crippen molar-refractivity contribution in [3.8, 4) is 0 Å². The molecule has 0 saturated carbocycles. The minimum atomic E-state index is -0.878. The molecule has 0 fully saturated rings. The maximum Gasteiger partial charge on any atom is 0.336 e. The Hall–Kier alpha value is -1.73. The van der Waals surface area contributed by atoms with Gasteiger partial charge in [0.1, 0.15) is 0 Å². The Balaban J connectivity index is 0.000000236. The molecule has 3 rings (SSSR count). The van der Waals surface area contributed by atoms with E-state index in [2.05, 4.69) is 19.1 Å². The van der Waals surface area contributed by atoms with E-state index in [9.17, 15) is 4.79 Å². The third-order valence-electron chi connectivity index (χ3n) is 2.96. The quantitative estimate of drug-likeness (QED) is 0.696. The van der Waals surface area contributed by atoms with E-state index in [4.69, 9.17) is 5.11 Å². The van der Waals surface area contributed by atoms with Crippen molar-refractivity contribution >= 4 is 16.7 Å². The molecule has 0 aliphatic rings. The van der Waals surface area contributed by atoms with Crippen LogP contribution in [0.25, 0.3) is 10.8 Å². The SMILES string of the molecule is Cc1ccccc1.O=C(O)c1cccc2ccccc12.[Zr]. The van der Waals surface area contributed by atoms with Crippen LogP contribution in [0.3, 0.4) is 0 Å². The van der Waals surface area contributed by atoms with Crippen LogP contribution in [0.2, 0.25) is 0 Å². The molecule has 0 bridgehead atoms. The van der Waals surface area contributed by atoms with Gasteiger partial charge in [-0.25, -0.2) is 4.79 Å². The molecule has 1 N–H and O–H groups in total. The Morgan fingerprint density at radius 3 is 1.95 bits per heavy atom. The van der Waals surface area contributed by atoms with E-state index in [1.54, 1.807) is 12.1 Å². The molecule has 104 valence electrons. The van der Waals surface area contributed by atoms with E-state index in [1.807, 2.05) is 48.5 Å². The standard InChI is InChI=1S/C11H8O2.C7H8.Zr/c12-11(13)10-7-3-5-8-4-1-2-6-9(8)10;1-7-5-3-2-4-6-7;/h1-7H,(H,12,13);2-6H,1H3;. The maximum absolute atomic E-state index is 10.8. The minimum Gasteiger partial charge on any atom is -0.478 e. The van der Waals surface area contributed by atoms with E-state index in [-0.39, 0.29) is 26.2 Å². The molecule has 2 nitrogen and oxygen atoms in total. The molecule has 0 spiro atoms. The van der Waals surface area contributed by atoms with Crippen LogP contribution in [0.1, 0.15) is 15.9 Å². The Morgan fingerprint density at radius 2 is 1.38 bits per heavy atom. The van der Waals surface area contributed by atoms with Gasteiger partial charge >= 0.3 is 5.97 Å². The van der Waals surface area contributed by atoms with E-state index in [1.165, 1.54) is 5.56 Å². The van der Waals surface area contributed by atoms with E-state index in [0.717, 1.165) is 10.8 Å². The van der Waals surface area contributed by atoms with Gasteiger partial charge in [0.25, 0.3) is 0 Å². The number of benzene rings is 3. The number of aromatic carboxylic acids is 1. The van der Waals surface area contributed by atoms with Crippen molar-refractivity contribution < 1.29 is 36.1 Å². The molecule has 0 unspecified atom stereocenters. The number of hydrogen-bond acceptors (Lipinski definition) is 1. The monoisotopic (exact) mass is 354 g/mol. The van der Waals surface area contributed by atoms with Crippen molar-refractivity contribution in [1.29, 1.82) is 0 Å². The van der Waals surface area contributed by atoms with Crippen LogP contribution in [-0.4, -0.2) is 11.1 Å². The maximum atomic E-state index is 10.8. The zero-order valence-electron chi connectivity index (χ0n) is 11.8. The first-order valence-corrected chi connectivity index (χ1v) is 6.41. The van der Waals surface area contributed by atoms with Gasteiger partial charge in [-0.2, -0.15) is 0 Å². The molecule has 0 aliphatic carbocycles. The third kappa shape index (κ3) is 4.95. The summed E-state index contributed by atoms with van der Waals surface area (Å²) in [5, 5.41) is 10.6. The molecule has 0 aromatic heterocycles. The zero-order valence-corrected chi connectivity index (χ0v) is 14.2. The van der Waals surface area contributed by atoms with Crippen LogP contribution >= 0.6 is 0 Å². The summed E-state index contributed by atoms with van der Waals surface area (Å²) < 4.78 is 0. The molecule has 0 amide bonds. The molecular formula is C18H16O2Zr. The first-order valence-electron chi connectivity index (χ1n) is 6.41. The Morgan fingerprint density at radius 1 is 0.810 bits per heavy atom. The van der Waals surface area contributed by atoms with Gasteiger partial charge < -0.3 is 5.11 Å². The largest absolute Gasteiger partial charge is 0.478 e. The van der Waals surface area contributed by atoms with Gasteiger partial charge in [0.15, 0.2) is 0 Å². The van der Waals surface area contributed by atoms with Crippen molar-refractivity contribution in [1.82, 2.24) is 0 Å². The van der Waals surface area contributed by atoms with Crippen molar-refractivity contribution in [2.75, 3.05) is 0 Å². The third-order valence-corrected chi connectivity index (χ3v) is 2.96. The fraction of sp³-hybridized carbons (Fsp3) is 0.0556. The fourth-order valence-corrected chi connectivity index (χ4v) is 1.95. The average molecular weight is 356 g/mol. The number of carboxylic acid groups (broad SMARTS) is 1. The molecule has 3 heteroatoms. The van der Waals surface area contributed by atoms with Crippen LogP contribution in [0.4, 0.5) is 0 Å². The van der Waals surface area contributed by atoms with Gasteiger partial charge in [-0.05, 0) is 23.8 Å². The Bertz CT molecular complexity index is 703. The summed E-state index contributed by atoms with van der Waals surface area (Å²) in [6.07, 6.45) is 0. The summed E-state index contributed by atoms with van der Waals surface area (Å²) in [4.78, 5) is 10.8. The van der Waals surface area contributed by atoms with Gasteiger partial charge in [0.05, 0.1) is 5.56 Å². The zero-order chi connectivity index (χ0) is 14.4. The smallest absolute Gasteiger partial charge is 0.336 e. The first kappa shape index (κ1) is 17.3. The molecule has 21 heavy (non-hydrogen) atoms. The predicted octanol–water partition coefficient (Wildman–Crippen LogP) is 4.53. The van der Waals surface area contributed by atoms with Gasteiger partial charge in [0, 0.05) is 26.2 Å². The molecule has 0 heterocycles. The second-order valence-corrected chi connectivity index (χ2v) is 4.49. The molecule has 0 atom stereocenters. The summed E-state index contributed by atoms with van der Waals surface area (Å²) in [6.45, 7) is 2.08. The van der Waals surface area contributed by atoms with Gasteiger partial charge in [0.2, 0.25) is 0 Å². The Kier molecular flexibility index (Phi) is 7.04. The van der Waals surface area contributed by atoms with Crippen molar-refractivity contribution in [3.63, 3.8) is 0 Å². The number of aryl methyl sites for hydroxylation is 1. The van der Waals surface area contributed by atoms with Crippen LogP contribution in [0, 0.1) is 6.92 Å². The predicted molar refractivity (Wildman–Crippen MR) is 82.1 cm³/mol. The molecular weight excluding hydrogens is 339 g/mol. The normalized spacial score (nSPS) is 9.19. The van der Waals surface area contributed by atoms with Gasteiger partial charge in [-0.3, -0.25) is 0 Å². The molecule has 0 radical (unpaired) electrons. The minimum absolute atomic E-state index is 0. The molecule has 0 saturated heterocycles. The molecule has 3 aromatic carbocycles. The van der Waals surface area contributed by atoms with E-state index in [0.29, 0.717) is 5.56 Å². The summed E-state index contributed by atoms with van der Waals surface area (Å²) in [7, 11) is 0. The number of rotatable bonds is 1. The van der Waals surface area contributed by atoms with Gasteiger partial charge in [-0.1, -0.05) is 72.3 Å².